The van der Waals surface area contributed by atoms with Gasteiger partial charge >= 0.3 is 0 Å². The van der Waals surface area contributed by atoms with Crippen molar-refractivity contribution in [3.63, 3.8) is 0 Å². The molecule has 0 saturated carbocycles. The van der Waals surface area contributed by atoms with Gasteiger partial charge in [0.05, 0.1) is 12.3 Å². The summed E-state index contributed by atoms with van der Waals surface area (Å²) in [4.78, 5) is 10.6. The molecule has 3 heterocycles. The topological polar surface area (TPSA) is 79.0 Å². The Morgan fingerprint density at radius 2 is 2.13 bits per heavy atom. The maximum atomic E-state index is 5.95. The van der Waals surface area contributed by atoms with E-state index >= 15 is 0 Å². The predicted molar refractivity (Wildman–Crippen MR) is 88.1 cm³/mol. The number of ether oxygens (including phenoxy) is 1. The summed E-state index contributed by atoms with van der Waals surface area (Å²) in [5.41, 5.74) is 2.22. The van der Waals surface area contributed by atoms with E-state index in [1.807, 2.05) is 43.8 Å². The lowest BCUT2D eigenvalue weighted by atomic mass is 9.91. The molecule has 1 aliphatic rings. The normalized spacial score (nSPS) is 21.3. The van der Waals surface area contributed by atoms with Crippen LogP contribution in [0, 0.1) is 5.92 Å². The van der Waals surface area contributed by atoms with E-state index in [-0.39, 0.29) is 6.10 Å². The largest absolute Gasteiger partial charge is 0.373 e. The molecule has 7 nitrogen and oxygen atoms in total. The number of H-pyrrole nitrogens is 1. The molecule has 0 aromatic carbocycles. The van der Waals surface area contributed by atoms with Gasteiger partial charge < -0.3 is 15.0 Å². The van der Waals surface area contributed by atoms with E-state index in [0.717, 1.165) is 43.2 Å². The van der Waals surface area contributed by atoms with Crippen LogP contribution >= 0.6 is 0 Å². The molecule has 1 saturated heterocycles. The van der Waals surface area contributed by atoms with E-state index in [1.54, 1.807) is 0 Å². The first-order valence-corrected chi connectivity index (χ1v) is 8.03. The highest BCUT2D eigenvalue weighted by molar-refractivity contribution is 5.26. The number of nitrogens with one attached hydrogen (secondary N) is 2. The van der Waals surface area contributed by atoms with Gasteiger partial charge in [0.2, 0.25) is 5.95 Å². The van der Waals surface area contributed by atoms with Crippen LogP contribution in [-0.2, 0) is 11.3 Å². The first-order valence-electron chi connectivity index (χ1n) is 8.03. The van der Waals surface area contributed by atoms with E-state index in [0.29, 0.717) is 5.92 Å². The molecule has 2 atom stereocenters. The summed E-state index contributed by atoms with van der Waals surface area (Å²) in [6, 6.07) is 0. The van der Waals surface area contributed by atoms with Gasteiger partial charge in [0.15, 0.2) is 0 Å². The van der Waals surface area contributed by atoms with Crippen LogP contribution in [0.5, 0.6) is 0 Å². The number of nitrogens with zero attached hydrogens (tertiary/aromatic N) is 4. The van der Waals surface area contributed by atoms with Crippen LogP contribution in [0.1, 0.15) is 30.1 Å². The number of aromatic amines is 1. The van der Waals surface area contributed by atoms with Gasteiger partial charge in [-0.05, 0) is 12.8 Å². The van der Waals surface area contributed by atoms with Crippen molar-refractivity contribution in [1.82, 2.24) is 25.5 Å². The number of rotatable bonds is 6. The van der Waals surface area contributed by atoms with Crippen LogP contribution < -0.4 is 10.2 Å². The summed E-state index contributed by atoms with van der Waals surface area (Å²) >= 11 is 0. The minimum absolute atomic E-state index is 0.127. The minimum Gasteiger partial charge on any atom is -0.373 e. The van der Waals surface area contributed by atoms with Crippen molar-refractivity contribution < 1.29 is 4.74 Å². The third kappa shape index (κ3) is 4.05. The highest BCUT2D eigenvalue weighted by Crippen LogP contribution is 2.32. The molecule has 0 spiro atoms. The molecular weight excluding hydrogens is 292 g/mol. The molecular formula is C16H24N6O. The number of hydrogen-bond acceptors (Lipinski definition) is 6. The van der Waals surface area contributed by atoms with Gasteiger partial charge in [0.25, 0.3) is 0 Å². The smallest absolute Gasteiger partial charge is 0.224 e. The molecule has 7 heteroatoms. The average molecular weight is 316 g/mol. The molecule has 1 fully saturated rings. The maximum Gasteiger partial charge on any atom is 0.224 e. The Hall–Kier alpha value is -1.99. The second kappa shape index (κ2) is 7.52. The Morgan fingerprint density at radius 3 is 2.83 bits per heavy atom. The molecule has 2 aromatic rings. The summed E-state index contributed by atoms with van der Waals surface area (Å²) < 4.78 is 5.95. The first kappa shape index (κ1) is 15.9. The van der Waals surface area contributed by atoms with Gasteiger partial charge in [-0.25, -0.2) is 9.97 Å². The van der Waals surface area contributed by atoms with Crippen LogP contribution in [-0.4, -0.2) is 47.4 Å². The minimum atomic E-state index is 0.127. The molecule has 0 unspecified atom stereocenters. The highest BCUT2D eigenvalue weighted by Gasteiger charge is 2.27. The SMILES string of the molecule is CN(C)c1ncc(CNC[C@@H]2CCCO[C@H]2c2cn[nH]c2)cn1. The standard InChI is InChI=1S/C16H24N6O/c1-22(2)16-18-7-12(8-19-16)6-17-9-13-4-3-5-23-15(13)14-10-20-21-11-14/h7-8,10-11,13,15,17H,3-6,9H2,1-2H3,(H,20,21)/t13-,15+/m0/s1. The fourth-order valence-corrected chi connectivity index (χ4v) is 2.91. The van der Waals surface area contributed by atoms with Gasteiger partial charge in [-0.15, -0.1) is 0 Å². The fourth-order valence-electron chi connectivity index (χ4n) is 2.91. The summed E-state index contributed by atoms with van der Waals surface area (Å²) in [6.07, 6.45) is 9.94. The third-order valence-electron chi connectivity index (χ3n) is 4.12. The molecule has 3 rings (SSSR count). The number of aromatic nitrogens is 4. The predicted octanol–water partition coefficient (Wildman–Crippen LogP) is 1.52. The molecule has 0 amide bonds. The maximum absolute atomic E-state index is 5.95. The van der Waals surface area contributed by atoms with E-state index in [2.05, 4.69) is 25.5 Å². The van der Waals surface area contributed by atoms with Crippen LogP contribution in [0.25, 0.3) is 0 Å². The van der Waals surface area contributed by atoms with Crippen molar-refractivity contribution in [1.29, 1.82) is 0 Å². The Morgan fingerprint density at radius 1 is 1.30 bits per heavy atom. The Labute approximate surface area is 136 Å². The van der Waals surface area contributed by atoms with Crippen molar-refractivity contribution in [3.05, 3.63) is 35.9 Å². The van der Waals surface area contributed by atoms with Gasteiger partial charge in [-0.1, -0.05) is 0 Å². The van der Waals surface area contributed by atoms with E-state index in [4.69, 9.17) is 4.74 Å². The molecule has 0 bridgehead atoms. The summed E-state index contributed by atoms with van der Waals surface area (Å²) in [7, 11) is 3.87. The lowest BCUT2D eigenvalue weighted by Gasteiger charge is -2.31. The van der Waals surface area contributed by atoms with Crippen molar-refractivity contribution in [2.45, 2.75) is 25.5 Å². The Bertz CT molecular complexity index is 583. The van der Waals surface area contributed by atoms with Crippen molar-refractivity contribution in [3.8, 4) is 0 Å². The lowest BCUT2D eigenvalue weighted by molar-refractivity contribution is -0.0278. The Balaban J connectivity index is 1.52. The zero-order valence-corrected chi connectivity index (χ0v) is 13.7. The zero-order chi connectivity index (χ0) is 16.1. The van der Waals surface area contributed by atoms with E-state index in [9.17, 15) is 0 Å². The molecule has 0 radical (unpaired) electrons. The molecule has 2 N–H and O–H groups in total. The van der Waals surface area contributed by atoms with E-state index in [1.165, 1.54) is 6.42 Å². The Kier molecular flexibility index (Phi) is 5.19. The van der Waals surface area contributed by atoms with Gasteiger partial charge in [0.1, 0.15) is 0 Å². The van der Waals surface area contributed by atoms with Gasteiger partial charge in [-0.2, -0.15) is 5.10 Å². The third-order valence-corrected chi connectivity index (χ3v) is 4.12. The fraction of sp³-hybridized carbons (Fsp3) is 0.562. The van der Waals surface area contributed by atoms with Crippen LogP contribution in [0.15, 0.2) is 24.8 Å². The van der Waals surface area contributed by atoms with E-state index < -0.39 is 0 Å². The highest BCUT2D eigenvalue weighted by atomic mass is 16.5. The van der Waals surface area contributed by atoms with Crippen LogP contribution in [0.2, 0.25) is 0 Å². The zero-order valence-electron chi connectivity index (χ0n) is 13.7. The molecule has 124 valence electrons. The molecule has 0 aliphatic carbocycles. The van der Waals surface area contributed by atoms with Crippen molar-refractivity contribution >= 4 is 5.95 Å². The second-order valence-electron chi connectivity index (χ2n) is 6.14. The molecule has 23 heavy (non-hydrogen) atoms. The average Bonchev–Trinajstić information content (AvgIpc) is 3.10. The summed E-state index contributed by atoms with van der Waals surface area (Å²) in [5, 5.41) is 10.4. The van der Waals surface area contributed by atoms with Crippen molar-refractivity contribution in [2.75, 3.05) is 32.1 Å². The number of anilines is 1. The van der Waals surface area contributed by atoms with Gasteiger partial charge in [-0.3, -0.25) is 5.10 Å². The second-order valence-corrected chi connectivity index (χ2v) is 6.14. The summed E-state index contributed by atoms with van der Waals surface area (Å²) in [5.74, 6) is 1.19. The van der Waals surface area contributed by atoms with Crippen molar-refractivity contribution in [2.24, 2.45) is 5.92 Å². The first-order chi connectivity index (χ1) is 11.2. The van der Waals surface area contributed by atoms with Gasteiger partial charge in [0, 0.05) is 69.4 Å². The summed E-state index contributed by atoms with van der Waals surface area (Å²) in [6.45, 7) is 2.50. The number of hydrogen-bond donors (Lipinski definition) is 2. The molecule has 1 aliphatic heterocycles. The van der Waals surface area contributed by atoms with Crippen LogP contribution in [0.3, 0.4) is 0 Å². The quantitative estimate of drug-likeness (QED) is 0.841. The van der Waals surface area contributed by atoms with Crippen LogP contribution in [0.4, 0.5) is 5.95 Å². The lowest BCUT2D eigenvalue weighted by Crippen LogP contribution is -2.31. The monoisotopic (exact) mass is 316 g/mol. The molecule has 2 aromatic heterocycles.